The van der Waals surface area contributed by atoms with E-state index >= 15 is 0 Å². The van der Waals surface area contributed by atoms with Gasteiger partial charge in [0.05, 0.1) is 0 Å². The lowest BCUT2D eigenvalue weighted by Crippen LogP contribution is -2.07. The van der Waals surface area contributed by atoms with Crippen LogP contribution in [0, 0.1) is 27.7 Å². The maximum atomic E-state index is 5.78. The van der Waals surface area contributed by atoms with Crippen LogP contribution in [-0.2, 0) is 12.8 Å². The van der Waals surface area contributed by atoms with Crippen molar-refractivity contribution >= 4 is 5.57 Å². The van der Waals surface area contributed by atoms with Gasteiger partial charge in [-0.15, -0.1) is 0 Å². The van der Waals surface area contributed by atoms with E-state index in [-0.39, 0.29) is 0 Å². The molecule has 0 spiro atoms. The van der Waals surface area contributed by atoms with Crippen LogP contribution in [0.4, 0.5) is 0 Å². The molecule has 0 saturated heterocycles. The SMILES string of the molecule is Cc1c(CCN)[nH]c(C2=CC(c3[nH]c(CCN)c(C)c3C)CCC2)c1C. The Morgan fingerprint density at radius 3 is 2.15 bits per heavy atom. The monoisotopic (exact) mass is 354 g/mol. The van der Waals surface area contributed by atoms with E-state index in [1.54, 1.807) is 0 Å². The first kappa shape index (κ1) is 19.0. The molecule has 3 rings (SSSR count). The Kier molecular flexibility index (Phi) is 5.73. The van der Waals surface area contributed by atoms with Gasteiger partial charge in [0.25, 0.3) is 0 Å². The summed E-state index contributed by atoms with van der Waals surface area (Å²) in [7, 11) is 0. The number of aromatic nitrogens is 2. The standard InChI is InChI=1S/C22H34N4/c1-13-15(3)21(25-19(13)8-10-23)17-6-5-7-18(12-17)22-16(4)14(2)20(26-22)9-11-24/h12,17,25-26H,5-11,23-24H2,1-4H3. The van der Waals surface area contributed by atoms with Gasteiger partial charge in [0.15, 0.2) is 0 Å². The van der Waals surface area contributed by atoms with Crippen molar-refractivity contribution in [3.8, 4) is 0 Å². The predicted molar refractivity (Wildman–Crippen MR) is 111 cm³/mol. The molecular formula is C22H34N4. The fourth-order valence-electron chi connectivity index (χ4n) is 4.37. The van der Waals surface area contributed by atoms with E-state index in [1.165, 1.54) is 63.4 Å². The predicted octanol–water partition coefficient (Wildman–Crippen LogP) is 3.93. The fourth-order valence-corrected chi connectivity index (χ4v) is 4.37. The number of hydrogen-bond donors (Lipinski definition) is 4. The molecule has 1 aliphatic carbocycles. The number of rotatable bonds is 6. The normalized spacial score (nSPS) is 17.6. The molecule has 0 bridgehead atoms. The Morgan fingerprint density at radius 2 is 1.50 bits per heavy atom. The lowest BCUT2D eigenvalue weighted by atomic mass is 9.85. The fraction of sp³-hybridized carbons (Fsp3) is 0.545. The minimum Gasteiger partial charge on any atom is -0.361 e. The molecule has 2 aromatic rings. The van der Waals surface area contributed by atoms with Gasteiger partial charge in [-0.1, -0.05) is 6.08 Å². The summed E-state index contributed by atoms with van der Waals surface area (Å²) < 4.78 is 0. The average molecular weight is 355 g/mol. The third-order valence-corrected chi connectivity index (χ3v) is 6.21. The smallest absolute Gasteiger partial charge is 0.0444 e. The molecule has 1 atom stereocenters. The molecule has 2 heterocycles. The molecule has 0 radical (unpaired) electrons. The zero-order valence-corrected chi connectivity index (χ0v) is 16.8. The van der Waals surface area contributed by atoms with Crippen LogP contribution in [0.1, 0.15) is 70.2 Å². The van der Waals surface area contributed by atoms with Crippen LogP contribution < -0.4 is 11.5 Å². The average Bonchev–Trinajstić information content (AvgIpc) is 3.08. The van der Waals surface area contributed by atoms with Crippen molar-refractivity contribution in [2.24, 2.45) is 11.5 Å². The first-order valence-electron chi connectivity index (χ1n) is 9.95. The molecule has 142 valence electrons. The van der Waals surface area contributed by atoms with Crippen LogP contribution in [0.3, 0.4) is 0 Å². The summed E-state index contributed by atoms with van der Waals surface area (Å²) >= 11 is 0. The van der Waals surface area contributed by atoms with Gasteiger partial charge in [0, 0.05) is 28.7 Å². The Morgan fingerprint density at radius 1 is 0.885 bits per heavy atom. The van der Waals surface area contributed by atoms with E-state index in [2.05, 4.69) is 43.7 Å². The largest absolute Gasteiger partial charge is 0.361 e. The highest BCUT2D eigenvalue weighted by molar-refractivity contribution is 5.69. The minimum absolute atomic E-state index is 0.463. The molecule has 4 nitrogen and oxygen atoms in total. The zero-order valence-electron chi connectivity index (χ0n) is 16.8. The Bertz CT molecular complexity index is 807. The second-order valence-corrected chi connectivity index (χ2v) is 7.76. The first-order chi connectivity index (χ1) is 12.5. The van der Waals surface area contributed by atoms with Gasteiger partial charge in [-0.3, -0.25) is 0 Å². The number of nitrogens with one attached hydrogen (secondary N) is 2. The van der Waals surface area contributed by atoms with Gasteiger partial charge < -0.3 is 21.4 Å². The molecule has 0 saturated carbocycles. The number of H-pyrrole nitrogens is 2. The quantitative estimate of drug-likeness (QED) is 0.634. The Labute approximate surface area is 157 Å². The molecule has 1 unspecified atom stereocenters. The Hall–Kier alpha value is -1.78. The maximum absolute atomic E-state index is 5.78. The molecule has 2 aromatic heterocycles. The number of allylic oxidation sites excluding steroid dienone is 2. The van der Waals surface area contributed by atoms with E-state index < -0.39 is 0 Å². The lowest BCUT2D eigenvalue weighted by molar-refractivity contribution is 0.647. The van der Waals surface area contributed by atoms with Crippen LogP contribution >= 0.6 is 0 Å². The maximum Gasteiger partial charge on any atom is 0.0444 e. The van der Waals surface area contributed by atoms with E-state index in [0.717, 1.165) is 19.3 Å². The summed E-state index contributed by atoms with van der Waals surface area (Å²) in [5.41, 5.74) is 23.8. The van der Waals surface area contributed by atoms with Crippen LogP contribution in [0.15, 0.2) is 6.08 Å². The summed E-state index contributed by atoms with van der Waals surface area (Å²) in [6.07, 6.45) is 7.91. The van der Waals surface area contributed by atoms with Gasteiger partial charge >= 0.3 is 0 Å². The number of aromatic amines is 2. The summed E-state index contributed by atoms with van der Waals surface area (Å²) in [6, 6.07) is 0. The molecule has 4 heteroatoms. The van der Waals surface area contributed by atoms with Crippen LogP contribution in [-0.4, -0.2) is 23.1 Å². The van der Waals surface area contributed by atoms with Crippen molar-refractivity contribution in [1.29, 1.82) is 0 Å². The topological polar surface area (TPSA) is 83.6 Å². The zero-order chi connectivity index (χ0) is 18.8. The van der Waals surface area contributed by atoms with Crippen LogP contribution in [0.2, 0.25) is 0 Å². The van der Waals surface area contributed by atoms with Crippen LogP contribution in [0.5, 0.6) is 0 Å². The summed E-state index contributed by atoms with van der Waals surface area (Å²) in [5, 5.41) is 0. The summed E-state index contributed by atoms with van der Waals surface area (Å²) in [6.45, 7) is 10.3. The van der Waals surface area contributed by atoms with E-state index in [0.29, 0.717) is 19.0 Å². The number of hydrogen-bond acceptors (Lipinski definition) is 2. The van der Waals surface area contributed by atoms with Gasteiger partial charge in [0.1, 0.15) is 0 Å². The molecule has 26 heavy (non-hydrogen) atoms. The van der Waals surface area contributed by atoms with Crippen molar-refractivity contribution in [3.63, 3.8) is 0 Å². The summed E-state index contributed by atoms with van der Waals surface area (Å²) in [4.78, 5) is 7.36. The molecule has 0 amide bonds. The molecular weight excluding hydrogens is 320 g/mol. The van der Waals surface area contributed by atoms with E-state index in [1.807, 2.05) is 0 Å². The van der Waals surface area contributed by atoms with Crippen molar-refractivity contribution in [2.75, 3.05) is 13.1 Å². The highest BCUT2D eigenvalue weighted by Crippen LogP contribution is 2.38. The Balaban J connectivity index is 1.96. The third-order valence-electron chi connectivity index (χ3n) is 6.21. The van der Waals surface area contributed by atoms with E-state index in [9.17, 15) is 0 Å². The van der Waals surface area contributed by atoms with E-state index in [4.69, 9.17) is 11.5 Å². The van der Waals surface area contributed by atoms with Crippen molar-refractivity contribution in [3.05, 3.63) is 51.1 Å². The second kappa shape index (κ2) is 7.85. The molecule has 0 aromatic carbocycles. The second-order valence-electron chi connectivity index (χ2n) is 7.76. The molecule has 6 N–H and O–H groups in total. The van der Waals surface area contributed by atoms with Crippen molar-refractivity contribution in [1.82, 2.24) is 9.97 Å². The molecule has 1 aliphatic rings. The van der Waals surface area contributed by atoms with Crippen molar-refractivity contribution in [2.45, 2.75) is 65.7 Å². The number of nitrogens with two attached hydrogens (primary N) is 2. The van der Waals surface area contributed by atoms with Gasteiger partial charge in [0.2, 0.25) is 0 Å². The van der Waals surface area contributed by atoms with Gasteiger partial charge in [-0.2, -0.15) is 0 Å². The third kappa shape index (κ3) is 3.40. The van der Waals surface area contributed by atoms with Gasteiger partial charge in [-0.05, 0) is 101 Å². The summed E-state index contributed by atoms with van der Waals surface area (Å²) in [5.74, 6) is 0.463. The minimum atomic E-state index is 0.463. The first-order valence-corrected chi connectivity index (χ1v) is 9.95. The lowest BCUT2D eigenvalue weighted by Gasteiger charge is -2.21. The van der Waals surface area contributed by atoms with Crippen molar-refractivity contribution < 1.29 is 0 Å². The highest BCUT2D eigenvalue weighted by atomic mass is 14.8. The van der Waals surface area contributed by atoms with Gasteiger partial charge in [-0.25, -0.2) is 0 Å². The highest BCUT2D eigenvalue weighted by Gasteiger charge is 2.23. The molecule has 0 fully saturated rings. The van der Waals surface area contributed by atoms with Crippen LogP contribution in [0.25, 0.3) is 5.57 Å². The molecule has 0 aliphatic heterocycles.